The summed E-state index contributed by atoms with van der Waals surface area (Å²) in [5, 5.41) is 8.08. The minimum Gasteiger partial charge on any atom is -0.348 e. The second kappa shape index (κ2) is 9.80. The van der Waals surface area contributed by atoms with Gasteiger partial charge in [0.25, 0.3) is 5.91 Å². The van der Waals surface area contributed by atoms with Crippen molar-refractivity contribution in [1.29, 1.82) is 0 Å². The summed E-state index contributed by atoms with van der Waals surface area (Å²) in [5.74, 6) is -0.371. The van der Waals surface area contributed by atoms with E-state index in [4.69, 9.17) is 11.6 Å². The SMILES string of the molecule is CN(C)S(=O)(=O)c1ccccc1CNC(=O)c1cn(-c2ccccc2)nc1-c1ccc(Cl)cc1. The van der Waals surface area contributed by atoms with Crippen LogP contribution in [0.5, 0.6) is 0 Å². The predicted octanol–water partition coefficient (Wildman–Crippen LogP) is 4.37. The molecule has 0 saturated carbocycles. The van der Waals surface area contributed by atoms with Crippen LogP contribution in [-0.4, -0.2) is 42.5 Å². The van der Waals surface area contributed by atoms with E-state index in [1.54, 1.807) is 53.3 Å². The van der Waals surface area contributed by atoms with Gasteiger partial charge in [0.05, 0.1) is 16.1 Å². The zero-order valence-corrected chi connectivity index (χ0v) is 20.2. The van der Waals surface area contributed by atoms with Crippen LogP contribution in [0, 0.1) is 0 Å². The molecule has 1 aromatic heterocycles. The molecule has 0 bridgehead atoms. The van der Waals surface area contributed by atoms with Crippen LogP contribution in [0.15, 0.2) is 90.0 Å². The Morgan fingerprint density at radius 3 is 2.29 bits per heavy atom. The first kappa shape index (κ1) is 23.7. The van der Waals surface area contributed by atoms with Gasteiger partial charge in [0.15, 0.2) is 0 Å². The van der Waals surface area contributed by atoms with Crippen molar-refractivity contribution in [3.05, 3.63) is 101 Å². The third-order valence-corrected chi connectivity index (χ3v) is 7.44. The number of sulfonamides is 1. The van der Waals surface area contributed by atoms with Gasteiger partial charge in [0, 0.05) is 37.4 Å². The second-order valence-electron chi connectivity index (χ2n) is 7.76. The second-order valence-corrected chi connectivity index (χ2v) is 10.3. The van der Waals surface area contributed by atoms with Crippen LogP contribution in [0.4, 0.5) is 0 Å². The van der Waals surface area contributed by atoms with Crippen LogP contribution < -0.4 is 5.32 Å². The Balaban J connectivity index is 1.68. The molecular weight excluding hydrogens is 472 g/mol. The number of hydrogen-bond acceptors (Lipinski definition) is 4. The van der Waals surface area contributed by atoms with Crippen molar-refractivity contribution in [1.82, 2.24) is 19.4 Å². The number of carbonyl (C=O) groups is 1. The van der Waals surface area contributed by atoms with Crippen LogP contribution in [0.25, 0.3) is 16.9 Å². The van der Waals surface area contributed by atoms with Crippen molar-refractivity contribution in [3.63, 3.8) is 0 Å². The van der Waals surface area contributed by atoms with Crippen LogP contribution >= 0.6 is 11.6 Å². The van der Waals surface area contributed by atoms with Gasteiger partial charge >= 0.3 is 0 Å². The summed E-state index contributed by atoms with van der Waals surface area (Å²) in [6.45, 7) is 0.0403. The summed E-state index contributed by atoms with van der Waals surface area (Å²) in [6, 6.07) is 23.2. The maximum Gasteiger partial charge on any atom is 0.255 e. The molecule has 0 fully saturated rings. The van der Waals surface area contributed by atoms with Crippen molar-refractivity contribution < 1.29 is 13.2 Å². The molecule has 0 radical (unpaired) electrons. The molecule has 4 rings (SSSR count). The fourth-order valence-electron chi connectivity index (χ4n) is 3.44. The Morgan fingerprint density at radius 2 is 1.62 bits per heavy atom. The average molecular weight is 495 g/mol. The molecule has 1 N–H and O–H groups in total. The number of carbonyl (C=O) groups excluding carboxylic acids is 1. The Labute approximate surface area is 203 Å². The minimum absolute atomic E-state index is 0.0403. The molecule has 0 saturated heterocycles. The lowest BCUT2D eigenvalue weighted by molar-refractivity contribution is 0.0951. The van der Waals surface area contributed by atoms with E-state index in [0.717, 1.165) is 15.6 Å². The highest BCUT2D eigenvalue weighted by atomic mass is 35.5. The van der Waals surface area contributed by atoms with Gasteiger partial charge in [-0.1, -0.05) is 60.1 Å². The minimum atomic E-state index is -3.65. The fraction of sp³-hybridized carbons (Fsp3) is 0.120. The Hall–Kier alpha value is -3.46. The summed E-state index contributed by atoms with van der Waals surface area (Å²) in [5.41, 5.74) is 2.89. The van der Waals surface area contributed by atoms with Gasteiger partial charge in [0.2, 0.25) is 10.0 Å². The highest BCUT2D eigenvalue weighted by molar-refractivity contribution is 7.89. The van der Waals surface area contributed by atoms with Crippen LogP contribution in [0.1, 0.15) is 15.9 Å². The van der Waals surface area contributed by atoms with E-state index in [1.807, 2.05) is 30.3 Å². The molecule has 0 aliphatic carbocycles. The molecule has 34 heavy (non-hydrogen) atoms. The number of para-hydroxylation sites is 1. The summed E-state index contributed by atoms with van der Waals surface area (Å²) < 4.78 is 28.2. The number of halogens is 1. The van der Waals surface area contributed by atoms with E-state index in [-0.39, 0.29) is 17.3 Å². The molecule has 0 aliphatic rings. The molecule has 4 aromatic rings. The lowest BCUT2D eigenvalue weighted by Gasteiger charge is -2.15. The number of benzene rings is 3. The average Bonchev–Trinajstić information content (AvgIpc) is 3.29. The lowest BCUT2D eigenvalue weighted by atomic mass is 10.1. The molecule has 0 atom stereocenters. The normalized spacial score (nSPS) is 11.5. The summed E-state index contributed by atoms with van der Waals surface area (Å²) >= 11 is 6.04. The van der Waals surface area contributed by atoms with E-state index in [0.29, 0.717) is 21.8 Å². The summed E-state index contributed by atoms with van der Waals surface area (Å²) in [7, 11) is -0.708. The number of aromatic nitrogens is 2. The van der Waals surface area contributed by atoms with E-state index in [1.165, 1.54) is 20.2 Å². The lowest BCUT2D eigenvalue weighted by Crippen LogP contribution is -2.27. The molecule has 1 heterocycles. The molecular formula is C25H23ClN4O3S. The molecule has 3 aromatic carbocycles. The third-order valence-electron chi connectivity index (χ3n) is 5.27. The Bertz CT molecular complexity index is 1420. The maximum atomic E-state index is 13.3. The molecule has 7 nitrogen and oxygen atoms in total. The Kier molecular flexibility index (Phi) is 6.83. The number of hydrogen-bond donors (Lipinski definition) is 1. The quantitative estimate of drug-likeness (QED) is 0.413. The number of nitrogens with one attached hydrogen (secondary N) is 1. The van der Waals surface area contributed by atoms with E-state index in [9.17, 15) is 13.2 Å². The monoisotopic (exact) mass is 494 g/mol. The van der Waals surface area contributed by atoms with Gasteiger partial charge in [-0.25, -0.2) is 17.4 Å². The van der Waals surface area contributed by atoms with E-state index < -0.39 is 10.0 Å². The van der Waals surface area contributed by atoms with Crippen molar-refractivity contribution in [2.24, 2.45) is 0 Å². The Morgan fingerprint density at radius 1 is 0.971 bits per heavy atom. The first-order valence-electron chi connectivity index (χ1n) is 10.5. The molecule has 174 valence electrons. The standard InChI is InChI=1S/C25H23ClN4O3S/c1-29(2)34(32,33)23-11-7-6-8-19(23)16-27-25(31)22-17-30(21-9-4-3-5-10-21)28-24(22)18-12-14-20(26)15-13-18/h3-15,17H,16H2,1-2H3,(H,27,31). The van der Waals surface area contributed by atoms with Gasteiger partial charge in [-0.15, -0.1) is 0 Å². The molecule has 1 amide bonds. The zero-order valence-electron chi connectivity index (χ0n) is 18.6. The predicted molar refractivity (Wildman–Crippen MR) is 132 cm³/mol. The van der Waals surface area contributed by atoms with Gasteiger partial charge < -0.3 is 5.32 Å². The van der Waals surface area contributed by atoms with E-state index >= 15 is 0 Å². The highest BCUT2D eigenvalue weighted by Gasteiger charge is 2.22. The third kappa shape index (κ3) is 4.89. The van der Waals surface area contributed by atoms with Crippen molar-refractivity contribution in [3.8, 4) is 16.9 Å². The molecule has 0 spiro atoms. The largest absolute Gasteiger partial charge is 0.348 e. The van der Waals surface area contributed by atoms with Crippen LogP contribution in [0.2, 0.25) is 5.02 Å². The smallest absolute Gasteiger partial charge is 0.255 e. The van der Waals surface area contributed by atoms with Crippen molar-refractivity contribution in [2.75, 3.05) is 14.1 Å². The molecule has 0 unspecified atom stereocenters. The van der Waals surface area contributed by atoms with E-state index in [2.05, 4.69) is 10.4 Å². The van der Waals surface area contributed by atoms with Gasteiger partial charge in [-0.3, -0.25) is 4.79 Å². The summed E-state index contributed by atoms with van der Waals surface area (Å²) in [4.78, 5) is 13.4. The topological polar surface area (TPSA) is 84.3 Å². The van der Waals surface area contributed by atoms with Gasteiger partial charge in [-0.05, 0) is 35.9 Å². The van der Waals surface area contributed by atoms with Crippen molar-refractivity contribution >= 4 is 27.5 Å². The van der Waals surface area contributed by atoms with Crippen LogP contribution in [0.3, 0.4) is 0 Å². The van der Waals surface area contributed by atoms with Crippen molar-refractivity contribution in [2.45, 2.75) is 11.4 Å². The maximum absolute atomic E-state index is 13.3. The molecule has 0 aliphatic heterocycles. The van der Waals surface area contributed by atoms with Crippen LogP contribution in [-0.2, 0) is 16.6 Å². The molecule has 9 heteroatoms. The van der Waals surface area contributed by atoms with Gasteiger partial charge in [0.1, 0.15) is 5.69 Å². The first-order chi connectivity index (χ1) is 16.3. The fourth-order valence-corrected chi connectivity index (χ4v) is 4.68. The number of rotatable bonds is 7. The number of nitrogens with zero attached hydrogens (tertiary/aromatic N) is 3. The van der Waals surface area contributed by atoms with Gasteiger partial charge in [-0.2, -0.15) is 5.10 Å². The highest BCUT2D eigenvalue weighted by Crippen LogP contribution is 2.26. The number of amides is 1. The zero-order chi connectivity index (χ0) is 24.3. The first-order valence-corrected chi connectivity index (χ1v) is 12.3. The summed E-state index contributed by atoms with van der Waals surface area (Å²) in [6.07, 6.45) is 1.66.